The van der Waals surface area contributed by atoms with Gasteiger partial charge in [-0.25, -0.2) is 9.79 Å². The number of rotatable bonds is 5. The normalized spacial score (nSPS) is 14.6. The predicted molar refractivity (Wildman–Crippen MR) is 117 cm³/mol. The molecular formula is C23H15BrClNO3. The molecule has 4 nitrogen and oxygen atoms in total. The van der Waals surface area contributed by atoms with Crippen molar-refractivity contribution >= 4 is 45.5 Å². The van der Waals surface area contributed by atoms with Crippen molar-refractivity contribution in [2.45, 2.75) is 6.61 Å². The minimum absolute atomic E-state index is 0.217. The monoisotopic (exact) mass is 467 g/mol. The number of carbonyl (C=O) groups excluding carboxylic acids is 1. The maximum absolute atomic E-state index is 12.3. The Bertz CT molecular complexity index is 1110. The highest BCUT2D eigenvalue weighted by Crippen LogP contribution is 2.26. The number of ether oxygens (including phenoxy) is 2. The van der Waals surface area contributed by atoms with Crippen LogP contribution in [-0.4, -0.2) is 11.9 Å². The van der Waals surface area contributed by atoms with Crippen molar-refractivity contribution in [3.05, 3.63) is 105 Å². The quantitative estimate of drug-likeness (QED) is 0.339. The van der Waals surface area contributed by atoms with Gasteiger partial charge >= 0.3 is 5.97 Å². The third kappa shape index (κ3) is 4.75. The number of carbonyl (C=O) groups is 1. The first-order valence-electron chi connectivity index (χ1n) is 8.83. The fraction of sp³-hybridized carbons (Fsp3) is 0.0435. The molecule has 1 aliphatic rings. The molecule has 6 heteroatoms. The van der Waals surface area contributed by atoms with Crippen molar-refractivity contribution < 1.29 is 14.3 Å². The van der Waals surface area contributed by atoms with Crippen LogP contribution in [0.3, 0.4) is 0 Å². The first-order valence-corrected chi connectivity index (χ1v) is 10.0. The second-order valence-electron chi connectivity index (χ2n) is 6.30. The summed E-state index contributed by atoms with van der Waals surface area (Å²) in [6, 6.07) is 22.4. The van der Waals surface area contributed by atoms with E-state index in [4.69, 9.17) is 21.1 Å². The van der Waals surface area contributed by atoms with Crippen LogP contribution >= 0.6 is 27.5 Å². The molecule has 3 aromatic rings. The van der Waals surface area contributed by atoms with Crippen LogP contribution in [-0.2, 0) is 16.1 Å². The van der Waals surface area contributed by atoms with Crippen molar-refractivity contribution in [3.63, 3.8) is 0 Å². The van der Waals surface area contributed by atoms with Crippen molar-refractivity contribution in [3.8, 4) is 5.75 Å². The average Bonchev–Trinajstić information content (AvgIpc) is 3.09. The van der Waals surface area contributed by atoms with Crippen LogP contribution in [0.25, 0.3) is 6.08 Å². The Morgan fingerprint density at radius 2 is 1.72 bits per heavy atom. The van der Waals surface area contributed by atoms with Gasteiger partial charge in [0, 0.05) is 20.6 Å². The molecule has 0 bridgehead atoms. The van der Waals surface area contributed by atoms with Crippen LogP contribution in [0.2, 0.25) is 5.02 Å². The highest BCUT2D eigenvalue weighted by molar-refractivity contribution is 9.10. The Morgan fingerprint density at radius 3 is 2.48 bits per heavy atom. The van der Waals surface area contributed by atoms with Gasteiger partial charge in [-0.05, 0) is 54.1 Å². The number of cyclic esters (lactones) is 1. The number of para-hydroxylation sites is 1. The smallest absolute Gasteiger partial charge is 0.363 e. The number of hydrogen-bond donors (Lipinski definition) is 0. The van der Waals surface area contributed by atoms with Crippen LogP contribution in [0.1, 0.15) is 16.7 Å². The lowest BCUT2D eigenvalue weighted by Gasteiger charge is -2.09. The molecule has 0 aliphatic carbocycles. The van der Waals surface area contributed by atoms with Gasteiger partial charge in [-0.2, -0.15) is 0 Å². The summed E-state index contributed by atoms with van der Waals surface area (Å²) in [6.45, 7) is 0.414. The molecule has 1 heterocycles. The molecule has 0 unspecified atom stereocenters. The maximum atomic E-state index is 12.3. The second-order valence-corrected chi connectivity index (χ2v) is 7.65. The predicted octanol–water partition coefficient (Wildman–Crippen LogP) is 6.03. The van der Waals surface area contributed by atoms with Gasteiger partial charge in [0.05, 0.1) is 0 Å². The number of nitrogens with zero attached hydrogens (tertiary/aromatic N) is 1. The van der Waals surface area contributed by atoms with Gasteiger partial charge in [0.25, 0.3) is 0 Å². The van der Waals surface area contributed by atoms with Crippen molar-refractivity contribution in [1.82, 2.24) is 0 Å². The lowest BCUT2D eigenvalue weighted by Crippen LogP contribution is -2.05. The van der Waals surface area contributed by atoms with Crippen LogP contribution in [0.5, 0.6) is 5.75 Å². The highest BCUT2D eigenvalue weighted by atomic mass is 79.9. The third-order valence-corrected chi connectivity index (χ3v) is 5.01. The Kier molecular flexibility index (Phi) is 5.79. The van der Waals surface area contributed by atoms with E-state index in [0.717, 1.165) is 15.6 Å². The summed E-state index contributed by atoms with van der Waals surface area (Å²) in [5, 5.41) is 0.603. The zero-order chi connectivity index (χ0) is 20.2. The topological polar surface area (TPSA) is 47.9 Å². The van der Waals surface area contributed by atoms with Crippen molar-refractivity contribution in [1.29, 1.82) is 0 Å². The second kappa shape index (κ2) is 8.64. The number of benzene rings is 3. The SMILES string of the molecule is O=C1OC(c2ccc(Cl)cc2)=NC1=Cc1ccccc1OCc1ccc(Br)cc1. The number of halogens is 2. The fourth-order valence-corrected chi connectivity index (χ4v) is 3.14. The van der Waals surface area contributed by atoms with Gasteiger partial charge in [0.2, 0.25) is 5.90 Å². The molecule has 4 rings (SSSR count). The number of hydrogen-bond acceptors (Lipinski definition) is 4. The molecule has 0 saturated heterocycles. The number of aliphatic imine (C=N–C) groups is 1. The van der Waals surface area contributed by atoms with Crippen LogP contribution < -0.4 is 4.74 Å². The van der Waals surface area contributed by atoms with Crippen LogP contribution in [0, 0.1) is 0 Å². The summed E-state index contributed by atoms with van der Waals surface area (Å²) in [7, 11) is 0. The van der Waals surface area contributed by atoms with E-state index in [1.54, 1.807) is 30.3 Å². The standard InChI is InChI=1S/C23H15BrClNO3/c24-18-9-5-15(6-10-18)14-28-21-4-2-1-3-17(21)13-20-23(27)29-22(26-20)16-7-11-19(25)12-8-16/h1-13H,14H2. The molecule has 0 amide bonds. The molecule has 0 fully saturated rings. The van der Waals surface area contributed by atoms with Crippen molar-refractivity contribution in [2.24, 2.45) is 4.99 Å². The van der Waals surface area contributed by atoms with E-state index in [1.165, 1.54) is 0 Å². The Balaban J connectivity index is 1.56. The van der Waals surface area contributed by atoms with Gasteiger partial charge in [-0.3, -0.25) is 0 Å². The molecule has 0 radical (unpaired) electrons. The largest absolute Gasteiger partial charge is 0.488 e. The summed E-state index contributed by atoms with van der Waals surface area (Å²) in [5.74, 6) is 0.412. The first kappa shape index (κ1) is 19.4. The summed E-state index contributed by atoms with van der Waals surface area (Å²) in [5.41, 5.74) is 2.69. The zero-order valence-electron chi connectivity index (χ0n) is 15.1. The third-order valence-electron chi connectivity index (χ3n) is 4.23. The van der Waals surface area contributed by atoms with E-state index in [1.807, 2.05) is 48.5 Å². The molecule has 0 aromatic heterocycles. The van der Waals surface area contributed by atoms with E-state index in [9.17, 15) is 4.79 Å². The van der Waals surface area contributed by atoms with Gasteiger partial charge in [-0.1, -0.05) is 57.9 Å². The Hall–Kier alpha value is -2.89. The van der Waals surface area contributed by atoms with Gasteiger partial charge in [-0.15, -0.1) is 0 Å². The molecule has 3 aromatic carbocycles. The van der Waals surface area contributed by atoms with Gasteiger partial charge in [0.15, 0.2) is 5.70 Å². The average molecular weight is 469 g/mol. The number of esters is 1. The van der Waals surface area contributed by atoms with Gasteiger partial charge < -0.3 is 9.47 Å². The summed E-state index contributed by atoms with van der Waals surface area (Å²) >= 11 is 9.33. The minimum Gasteiger partial charge on any atom is -0.488 e. The molecule has 0 N–H and O–H groups in total. The first-order chi connectivity index (χ1) is 14.1. The maximum Gasteiger partial charge on any atom is 0.363 e. The van der Waals surface area contributed by atoms with Gasteiger partial charge in [0.1, 0.15) is 12.4 Å². The van der Waals surface area contributed by atoms with E-state index in [0.29, 0.717) is 22.9 Å². The summed E-state index contributed by atoms with van der Waals surface area (Å²) < 4.78 is 12.3. The molecule has 0 atom stereocenters. The van der Waals surface area contributed by atoms with E-state index >= 15 is 0 Å². The summed E-state index contributed by atoms with van der Waals surface area (Å²) in [6.07, 6.45) is 1.67. The molecule has 1 aliphatic heterocycles. The van der Waals surface area contributed by atoms with E-state index in [2.05, 4.69) is 20.9 Å². The molecule has 29 heavy (non-hydrogen) atoms. The fourth-order valence-electron chi connectivity index (χ4n) is 2.75. The Labute approximate surface area is 181 Å². The molecule has 0 spiro atoms. The lowest BCUT2D eigenvalue weighted by atomic mass is 10.1. The minimum atomic E-state index is -0.502. The molecule has 0 saturated carbocycles. The lowest BCUT2D eigenvalue weighted by molar-refractivity contribution is -0.129. The zero-order valence-corrected chi connectivity index (χ0v) is 17.5. The highest BCUT2D eigenvalue weighted by Gasteiger charge is 2.24. The van der Waals surface area contributed by atoms with E-state index in [-0.39, 0.29) is 11.6 Å². The van der Waals surface area contributed by atoms with E-state index < -0.39 is 5.97 Å². The van der Waals surface area contributed by atoms with Crippen molar-refractivity contribution in [2.75, 3.05) is 0 Å². The van der Waals surface area contributed by atoms with Crippen LogP contribution in [0.4, 0.5) is 0 Å². The van der Waals surface area contributed by atoms with Crippen LogP contribution in [0.15, 0.2) is 88.0 Å². The molecular weight excluding hydrogens is 454 g/mol. The Morgan fingerprint density at radius 1 is 1.00 bits per heavy atom. The molecule has 144 valence electrons. The summed E-state index contributed by atoms with van der Waals surface area (Å²) in [4.78, 5) is 16.6.